The smallest absolute Gasteiger partial charge is 0.191 e. The van der Waals surface area contributed by atoms with Gasteiger partial charge in [-0.3, -0.25) is 4.99 Å². The average molecular weight is 309 g/mol. The van der Waals surface area contributed by atoms with Crippen LogP contribution in [-0.4, -0.2) is 37.8 Å². The van der Waals surface area contributed by atoms with Crippen LogP contribution in [0.4, 0.5) is 0 Å². The Bertz CT molecular complexity index is 324. The highest BCUT2D eigenvalue weighted by atomic mass is 16.5. The van der Waals surface area contributed by atoms with Gasteiger partial charge in [0.25, 0.3) is 0 Å². The van der Waals surface area contributed by atoms with Crippen molar-refractivity contribution in [1.82, 2.24) is 10.6 Å². The van der Waals surface area contributed by atoms with E-state index in [2.05, 4.69) is 29.5 Å². The zero-order valence-corrected chi connectivity index (χ0v) is 14.6. The molecule has 0 heterocycles. The van der Waals surface area contributed by atoms with Crippen LogP contribution in [0.1, 0.15) is 71.6 Å². The number of hydrogen-bond acceptors (Lipinski definition) is 2. The monoisotopic (exact) mass is 309 g/mol. The Kier molecular flexibility index (Phi) is 8.06. The van der Waals surface area contributed by atoms with Crippen LogP contribution in [0.25, 0.3) is 0 Å². The van der Waals surface area contributed by atoms with Gasteiger partial charge in [0.1, 0.15) is 0 Å². The lowest BCUT2D eigenvalue weighted by molar-refractivity contribution is 0.0413. The summed E-state index contributed by atoms with van der Waals surface area (Å²) in [5.74, 6) is 1.79. The van der Waals surface area contributed by atoms with Gasteiger partial charge in [-0.05, 0) is 44.9 Å². The predicted octanol–water partition coefficient (Wildman–Crippen LogP) is 3.47. The lowest BCUT2D eigenvalue weighted by Crippen LogP contribution is -2.39. The second-order valence-electron chi connectivity index (χ2n) is 6.92. The molecule has 0 aromatic heterocycles. The lowest BCUT2D eigenvalue weighted by Gasteiger charge is -2.15. The second kappa shape index (κ2) is 10.1. The van der Waals surface area contributed by atoms with Gasteiger partial charge in [-0.1, -0.05) is 32.6 Å². The number of nitrogens with one attached hydrogen (secondary N) is 2. The van der Waals surface area contributed by atoms with Gasteiger partial charge in [0.15, 0.2) is 5.96 Å². The van der Waals surface area contributed by atoms with Crippen LogP contribution >= 0.6 is 0 Å². The Morgan fingerprint density at radius 1 is 1.14 bits per heavy atom. The number of nitrogens with zero attached hydrogens (tertiary/aromatic N) is 1. The fourth-order valence-corrected chi connectivity index (χ4v) is 3.08. The van der Waals surface area contributed by atoms with E-state index in [0.29, 0.717) is 12.1 Å². The summed E-state index contributed by atoms with van der Waals surface area (Å²) >= 11 is 0. The molecule has 2 unspecified atom stereocenters. The number of hydrogen-bond donors (Lipinski definition) is 2. The van der Waals surface area contributed by atoms with Crippen LogP contribution in [0, 0.1) is 5.92 Å². The van der Waals surface area contributed by atoms with Gasteiger partial charge in [-0.25, -0.2) is 0 Å². The van der Waals surface area contributed by atoms with Crippen molar-refractivity contribution in [3.8, 4) is 0 Å². The maximum atomic E-state index is 6.03. The molecule has 2 rings (SSSR count). The molecule has 4 heteroatoms. The topological polar surface area (TPSA) is 45.7 Å². The second-order valence-corrected chi connectivity index (χ2v) is 6.92. The maximum absolute atomic E-state index is 6.03. The first kappa shape index (κ1) is 17.6. The van der Waals surface area contributed by atoms with Crippen molar-refractivity contribution in [1.29, 1.82) is 0 Å². The van der Waals surface area contributed by atoms with E-state index in [0.717, 1.165) is 44.4 Å². The Labute approximate surface area is 136 Å². The molecule has 0 saturated heterocycles. The third-order valence-electron chi connectivity index (χ3n) is 4.75. The molecule has 0 radical (unpaired) electrons. The molecule has 2 N–H and O–H groups in total. The molecule has 2 atom stereocenters. The van der Waals surface area contributed by atoms with Crippen LogP contribution in [0.3, 0.4) is 0 Å². The number of rotatable bonds is 8. The summed E-state index contributed by atoms with van der Waals surface area (Å²) in [6.07, 6.45) is 12.1. The minimum absolute atomic E-state index is 0.529. The van der Waals surface area contributed by atoms with Gasteiger partial charge in [0.2, 0.25) is 0 Å². The van der Waals surface area contributed by atoms with E-state index in [1.807, 2.05) is 0 Å². The molecule has 2 fully saturated rings. The molecule has 2 aliphatic carbocycles. The van der Waals surface area contributed by atoms with Crippen LogP contribution in [-0.2, 0) is 4.74 Å². The van der Waals surface area contributed by atoms with E-state index in [1.165, 1.54) is 44.9 Å². The molecule has 4 nitrogen and oxygen atoms in total. The first-order chi connectivity index (χ1) is 10.8. The number of guanidine groups is 1. The zero-order chi connectivity index (χ0) is 15.6. The highest BCUT2D eigenvalue weighted by molar-refractivity contribution is 5.80. The largest absolute Gasteiger partial charge is 0.378 e. The normalized spacial score (nSPS) is 26.5. The van der Waals surface area contributed by atoms with Crippen LogP contribution in [0.5, 0.6) is 0 Å². The summed E-state index contributed by atoms with van der Waals surface area (Å²) in [6.45, 7) is 7.13. The number of unbranched alkanes of at least 4 members (excludes halogenated alkanes) is 1. The zero-order valence-electron chi connectivity index (χ0n) is 14.6. The minimum Gasteiger partial charge on any atom is -0.378 e. The number of ether oxygens (including phenoxy) is 1. The molecule has 22 heavy (non-hydrogen) atoms. The molecule has 0 amide bonds. The van der Waals surface area contributed by atoms with E-state index in [-0.39, 0.29) is 0 Å². The molecule has 128 valence electrons. The predicted molar refractivity (Wildman–Crippen MR) is 93.4 cm³/mol. The Morgan fingerprint density at radius 2 is 1.86 bits per heavy atom. The van der Waals surface area contributed by atoms with E-state index in [4.69, 9.17) is 4.74 Å². The van der Waals surface area contributed by atoms with Crippen LogP contribution in [0.2, 0.25) is 0 Å². The van der Waals surface area contributed by atoms with Crippen molar-refractivity contribution in [3.63, 3.8) is 0 Å². The Hall–Kier alpha value is -0.770. The van der Waals surface area contributed by atoms with Gasteiger partial charge in [0, 0.05) is 25.7 Å². The quantitative estimate of drug-likeness (QED) is 0.312. The standard InChI is InChI=1S/C18H35N3O/c1-3-19-18(21-17-14-15(17)2)20-12-8-9-13-22-16-10-6-4-5-7-11-16/h15-17H,3-14H2,1-2H3,(H2,19,20,21). The lowest BCUT2D eigenvalue weighted by atomic mass is 10.1. The fourth-order valence-electron chi connectivity index (χ4n) is 3.08. The maximum Gasteiger partial charge on any atom is 0.191 e. The summed E-state index contributed by atoms with van der Waals surface area (Å²) in [4.78, 5) is 4.67. The van der Waals surface area contributed by atoms with Crippen LogP contribution < -0.4 is 10.6 Å². The van der Waals surface area contributed by atoms with Crippen LogP contribution in [0.15, 0.2) is 4.99 Å². The highest BCUT2D eigenvalue weighted by Crippen LogP contribution is 2.28. The Balaban J connectivity index is 1.53. The van der Waals surface area contributed by atoms with Gasteiger partial charge in [-0.15, -0.1) is 0 Å². The Morgan fingerprint density at radius 3 is 2.50 bits per heavy atom. The van der Waals surface area contributed by atoms with E-state index >= 15 is 0 Å². The molecule has 0 aliphatic heterocycles. The molecule has 0 aromatic carbocycles. The molecular weight excluding hydrogens is 274 g/mol. The summed E-state index contributed by atoms with van der Waals surface area (Å²) in [5, 5.41) is 6.83. The third-order valence-corrected chi connectivity index (χ3v) is 4.75. The molecule has 0 bridgehead atoms. The fraction of sp³-hybridized carbons (Fsp3) is 0.944. The SMILES string of the molecule is CCNC(=NCCCCOC1CCCCCC1)NC1CC1C. The summed E-state index contributed by atoms with van der Waals surface area (Å²) < 4.78 is 6.03. The summed E-state index contributed by atoms with van der Waals surface area (Å²) in [5.41, 5.74) is 0. The van der Waals surface area contributed by atoms with E-state index in [1.54, 1.807) is 0 Å². The average Bonchev–Trinajstić information content (AvgIpc) is 3.25. The minimum atomic E-state index is 0.529. The molecule has 2 saturated carbocycles. The van der Waals surface area contributed by atoms with Crippen molar-refractivity contribution < 1.29 is 4.74 Å². The van der Waals surface area contributed by atoms with Crippen molar-refractivity contribution in [2.45, 2.75) is 83.8 Å². The van der Waals surface area contributed by atoms with Gasteiger partial charge in [-0.2, -0.15) is 0 Å². The van der Waals surface area contributed by atoms with Gasteiger partial charge < -0.3 is 15.4 Å². The van der Waals surface area contributed by atoms with Crippen molar-refractivity contribution >= 4 is 5.96 Å². The first-order valence-electron chi connectivity index (χ1n) is 9.46. The molecule has 0 aromatic rings. The van der Waals surface area contributed by atoms with Gasteiger partial charge in [0.05, 0.1) is 6.10 Å². The molecule has 2 aliphatic rings. The van der Waals surface area contributed by atoms with Crippen molar-refractivity contribution in [2.24, 2.45) is 10.9 Å². The third kappa shape index (κ3) is 6.99. The molecule has 0 spiro atoms. The number of aliphatic imine (C=N–C) groups is 1. The van der Waals surface area contributed by atoms with Gasteiger partial charge >= 0.3 is 0 Å². The molecular formula is C18H35N3O. The van der Waals surface area contributed by atoms with E-state index < -0.39 is 0 Å². The summed E-state index contributed by atoms with van der Waals surface area (Å²) in [7, 11) is 0. The first-order valence-corrected chi connectivity index (χ1v) is 9.46. The highest BCUT2D eigenvalue weighted by Gasteiger charge is 2.33. The van der Waals surface area contributed by atoms with E-state index in [9.17, 15) is 0 Å². The summed E-state index contributed by atoms with van der Waals surface area (Å²) in [6, 6.07) is 0.636. The van der Waals surface area contributed by atoms with Crippen molar-refractivity contribution in [3.05, 3.63) is 0 Å². The van der Waals surface area contributed by atoms with Crippen molar-refractivity contribution in [2.75, 3.05) is 19.7 Å².